The molecule has 1 saturated heterocycles. The van der Waals surface area contributed by atoms with Gasteiger partial charge in [0, 0.05) is 30.0 Å². The van der Waals surface area contributed by atoms with Crippen molar-refractivity contribution < 1.29 is 0 Å². The fourth-order valence-corrected chi connectivity index (χ4v) is 2.69. The lowest BCUT2D eigenvalue weighted by atomic mass is 10.1. The van der Waals surface area contributed by atoms with Crippen molar-refractivity contribution in [2.75, 3.05) is 23.3 Å². The third-order valence-electron chi connectivity index (χ3n) is 3.75. The van der Waals surface area contributed by atoms with Gasteiger partial charge in [0.25, 0.3) is 0 Å². The van der Waals surface area contributed by atoms with Gasteiger partial charge in [0.05, 0.1) is 0 Å². The zero-order chi connectivity index (χ0) is 14.7. The Labute approximate surface area is 130 Å². The molecule has 0 spiro atoms. The fraction of sp³-hybridized carbons (Fsp3) is 0.375. The molecular weight excluding hydrogens is 284 g/mol. The van der Waals surface area contributed by atoms with Gasteiger partial charge in [-0.15, -0.1) is 0 Å². The minimum Gasteiger partial charge on any atom is -0.356 e. The van der Waals surface area contributed by atoms with Crippen molar-refractivity contribution >= 4 is 29.1 Å². The highest BCUT2D eigenvalue weighted by atomic mass is 35.5. The van der Waals surface area contributed by atoms with E-state index in [2.05, 4.69) is 20.2 Å². The summed E-state index contributed by atoms with van der Waals surface area (Å²) in [4.78, 5) is 11.2. The number of hydrogen-bond acceptors (Lipinski definition) is 4. The molecule has 1 fully saturated rings. The van der Waals surface area contributed by atoms with Gasteiger partial charge in [-0.3, -0.25) is 0 Å². The molecule has 1 aliphatic heterocycles. The zero-order valence-corrected chi connectivity index (χ0v) is 12.9. The summed E-state index contributed by atoms with van der Waals surface area (Å²) in [5.41, 5.74) is 1.96. The van der Waals surface area contributed by atoms with Crippen LogP contribution in [-0.2, 0) is 0 Å². The van der Waals surface area contributed by atoms with Crippen LogP contribution < -0.4 is 10.2 Å². The first-order valence-corrected chi connectivity index (χ1v) is 7.71. The van der Waals surface area contributed by atoms with E-state index in [1.807, 2.05) is 31.2 Å². The Hall–Kier alpha value is -1.81. The lowest BCUT2D eigenvalue weighted by Crippen LogP contribution is -2.30. The molecule has 1 aromatic heterocycles. The maximum atomic E-state index is 6.14. The van der Waals surface area contributed by atoms with Crippen molar-refractivity contribution in [1.82, 2.24) is 9.97 Å². The second kappa shape index (κ2) is 6.31. The Balaban J connectivity index is 1.77. The summed E-state index contributed by atoms with van der Waals surface area (Å²) in [5, 5.41) is 3.96. The van der Waals surface area contributed by atoms with E-state index in [-0.39, 0.29) is 0 Å². The van der Waals surface area contributed by atoms with Crippen molar-refractivity contribution in [1.29, 1.82) is 0 Å². The molecule has 1 N–H and O–H groups in total. The van der Waals surface area contributed by atoms with E-state index in [4.69, 9.17) is 11.6 Å². The first-order chi connectivity index (χ1) is 10.2. The van der Waals surface area contributed by atoms with E-state index in [0.29, 0.717) is 5.95 Å². The molecular formula is C16H19ClN4. The van der Waals surface area contributed by atoms with E-state index in [1.165, 1.54) is 19.3 Å². The van der Waals surface area contributed by atoms with Crippen molar-refractivity contribution in [2.45, 2.75) is 26.2 Å². The van der Waals surface area contributed by atoms with Crippen LogP contribution in [0.3, 0.4) is 0 Å². The molecule has 21 heavy (non-hydrogen) atoms. The number of anilines is 3. The summed E-state index contributed by atoms with van der Waals surface area (Å²) in [6.07, 6.45) is 5.59. The third kappa shape index (κ3) is 3.45. The Kier molecular flexibility index (Phi) is 4.25. The van der Waals surface area contributed by atoms with Crippen molar-refractivity contribution in [2.24, 2.45) is 0 Å². The number of hydrogen-bond donors (Lipinski definition) is 1. The molecule has 3 rings (SSSR count). The van der Waals surface area contributed by atoms with Gasteiger partial charge in [0.1, 0.15) is 5.82 Å². The Morgan fingerprint density at radius 2 is 1.95 bits per heavy atom. The van der Waals surface area contributed by atoms with Gasteiger partial charge in [-0.2, -0.15) is 4.98 Å². The lowest BCUT2D eigenvalue weighted by molar-refractivity contribution is 0.573. The first-order valence-electron chi connectivity index (χ1n) is 7.33. The van der Waals surface area contributed by atoms with Crippen LogP contribution in [0.4, 0.5) is 17.5 Å². The quantitative estimate of drug-likeness (QED) is 0.924. The number of benzene rings is 1. The number of piperidine rings is 1. The Morgan fingerprint density at radius 3 is 2.71 bits per heavy atom. The highest BCUT2D eigenvalue weighted by molar-refractivity contribution is 6.31. The van der Waals surface area contributed by atoms with Crippen LogP contribution in [-0.4, -0.2) is 23.1 Å². The standard InChI is InChI=1S/C16H19ClN4/c1-12-5-6-13(11-14(12)17)19-16-18-8-7-15(20-16)21-9-3-2-4-10-21/h5-8,11H,2-4,9-10H2,1H3,(H,18,19,20). The SMILES string of the molecule is Cc1ccc(Nc2nccc(N3CCCCC3)n2)cc1Cl. The predicted octanol–water partition coefficient (Wildman–Crippen LogP) is 4.17. The molecule has 2 heterocycles. The smallest absolute Gasteiger partial charge is 0.229 e. The molecule has 0 radical (unpaired) electrons. The summed E-state index contributed by atoms with van der Waals surface area (Å²) in [6, 6.07) is 7.84. The van der Waals surface area contributed by atoms with Gasteiger partial charge in [0.2, 0.25) is 5.95 Å². The van der Waals surface area contributed by atoms with Gasteiger partial charge in [-0.1, -0.05) is 17.7 Å². The molecule has 0 saturated carbocycles. The van der Waals surface area contributed by atoms with Crippen molar-refractivity contribution in [3.8, 4) is 0 Å². The molecule has 1 aliphatic rings. The Morgan fingerprint density at radius 1 is 1.14 bits per heavy atom. The van der Waals surface area contributed by atoms with E-state index in [9.17, 15) is 0 Å². The van der Waals surface area contributed by atoms with Gasteiger partial charge in [-0.25, -0.2) is 4.98 Å². The van der Waals surface area contributed by atoms with Gasteiger partial charge in [0.15, 0.2) is 0 Å². The average Bonchev–Trinajstić information content (AvgIpc) is 2.52. The monoisotopic (exact) mass is 302 g/mol. The maximum absolute atomic E-state index is 6.14. The summed E-state index contributed by atoms with van der Waals surface area (Å²) < 4.78 is 0. The number of halogens is 1. The van der Waals surface area contributed by atoms with Crippen LogP contribution in [0.5, 0.6) is 0 Å². The normalized spacial score (nSPS) is 15.0. The van der Waals surface area contributed by atoms with E-state index >= 15 is 0 Å². The maximum Gasteiger partial charge on any atom is 0.229 e. The predicted molar refractivity (Wildman–Crippen MR) is 87.6 cm³/mol. The number of nitrogens with one attached hydrogen (secondary N) is 1. The van der Waals surface area contributed by atoms with Crippen LogP contribution in [0.2, 0.25) is 5.02 Å². The van der Waals surface area contributed by atoms with Gasteiger partial charge in [-0.05, 0) is 49.9 Å². The minimum absolute atomic E-state index is 0.609. The highest BCUT2D eigenvalue weighted by Crippen LogP contribution is 2.23. The molecule has 0 bridgehead atoms. The van der Waals surface area contributed by atoms with Gasteiger partial charge >= 0.3 is 0 Å². The zero-order valence-electron chi connectivity index (χ0n) is 12.1. The summed E-state index contributed by atoms with van der Waals surface area (Å²) in [6.45, 7) is 4.14. The van der Waals surface area contributed by atoms with E-state index in [1.54, 1.807) is 6.20 Å². The number of aryl methyl sites for hydroxylation is 1. The number of rotatable bonds is 3. The van der Waals surface area contributed by atoms with Crippen LogP contribution in [0, 0.1) is 6.92 Å². The number of nitrogens with zero attached hydrogens (tertiary/aromatic N) is 3. The van der Waals surface area contributed by atoms with Crippen molar-refractivity contribution in [3.63, 3.8) is 0 Å². The second-order valence-electron chi connectivity index (χ2n) is 5.38. The van der Waals surface area contributed by atoms with Crippen LogP contribution in [0.25, 0.3) is 0 Å². The Bertz CT molecular complexity index is 623. The lowest BCUT2D eigenvalue weighted by Gasteiger charge is -2.27. The molecule has 5 heteroatoms. The molecule has 1 aromatic carbocycles. The molecule has 0 amide bonds. The molecule has 0 atom stereocenters. The molecule has 4 nitrogen and oxygen atoms in total. The third-order valence-corrected chi connectivity index (χ3v) is 4.16. The summed E-state index contributed by atoms with van der Waals surface area (Å²) >= 11 is 6.14. The number of aromatic nitrogens is 2. The van der Waals surface area contributed by atoms with Crippen LogP contribution in [0.1, 0.15) is 24.8 Å². The topological polar surface area (TPSA) is 41.1 Å². The largest absolute Gasteiger partial charge is 0.356 e. The minimum atomic E-state index is 0.609. The average molecular weight is 303 g/mol. The van der Waals surface area contributed by atoms with Crippen molar-refractivity contribution in [3.05, 3.63) is 41.0 Å². The van der Waals surface area contributed by atoms with E-state index < -0.39 is 0 Å². The molecule has 110 valence electrons. The molecule has 0 aliphatic carbocycles. The highest BCUT2D eigenvalue weighted by Gasteiger charge is 2.12. The second-order valence-corrected chi connectivity index (χ2v) is 5.78. The molecule has 0 unspecified atom stereocenters. The first kappa shape index (κ1) is 14.1. The van der Waals surface area contributed by atoms with Crippen LogP contribution in [0.15, 0.2) is 30.5 Å². The summed E-state index contributed by atoms with van der Waals surface area (Å²) in [5.74, 6) is 1.60. The fourth-order valence-electron chi connectivity index (χ4n) is 2.51. The molecule has 2 aromatic rings. The van der Waals surface area contributed by atoms with E-state index in [0.717, 1.165) is 35.2 Å². The van der Waals surface area contributed by atoms with Crippen LogP contribution >= 0.6 is 11.6 Å². The summed E-state index contributed by atoms with van der Waals surface area (Å²) in [7, 11) is 0. The van der Waals surface area contributed by atoms with Gasteiger partial charge < -0.3 is 10.2 Å².